The van der Waals surface area contributed by atoms with Crippen molar-refractivity contribution >= 4 is 10.8 Å². The average Bonchev–Trinajstić information content (AvgIpc) is 2.22. The third kappa shape index (κ3) is 1.13. The lowest BCUT2D eigenvalue weighted by atomic mass is 10.1. The Balaban J connectivity index is 3.07. The van der Waals surface area contributed by atoms with Crippen LogP contribution in [0.3, 0.4) is 0 Å². The summed E-state index contributed by atoms with van der Waals surface area (Å²) in [5.74, 6) is -4.10. The van der Waals surface area contributed by atoms with Crippen molar-refractivity contribution < 1.29 is 30.6 Å². The lowest BCUT2D eigenvalue weighted by Crippen LogP contribution is -1.80. The number of rotatable bonds is 0. The molecule has 0 unspecified atom stereocenters. The van der Waals surface area contributed by atoms with Gasteiger partial charge < -0.3 is 30.6 Å². The summed E-state index contributed by atoms with van der Waals surface area (Å²) in [7, 11) is 0. The molecule has 0 aromatic heterocycles. The Kier molecular flexibility index (Phi) is 1.88. The maximum atomic E-state index is 9.48. The van der Waals surface area contributed by atoms with E-state index in [2.05, 4.69) is 0 Å². The van der Waals surface area contributed by atoms with Crippen molar-refractivity contribution in [3.8, 4) is 34.5 Å². The van der Waals surface area contributed by atoms with Crippen LogP contribution in [0.15, 0.2) is 12.1 Å². The SMILES string of the molecule is Oc1cc2c(O)cc(O)c(O)c2c(O)c1O. The van der Waals surface area contributed by atoms with E-state index in [0.717, 1.165) is 12.1 Å². The van der Waals surface area contributed by atoms with E-state index in [1.54, 1.807) is 0 Å². The van der Waals surface area contributed by atoms with Crippen molar-refractivity contribution in [3.05, 3.63) is 12.1 Å². The van der Waals surface area contributed by atoms with Crippen molar-refractivity contribution in [3.63, 3.8) is 0 Å². The van der Waals surface area contributed by atoms with E-state index in [1.807, 2.05) is 0 Å². The second kappa shape index (κ2) is 2.99. The molecule has 0 aliphatic rings. The van der Waals surface area contributed by atoms with E-state index in [1.165, 1.54) is 0 Å². The molecule has 0 aliphatic heterocycles. The van der Waals surface area contributed by atoms with Crippen LogP contribution in [0.1, 0.15) is 0 Å². The summed E-state index contributed by atoms with van der Waals surface area (Å²) in [5, 5.41) is 55.6. The highest BCUT2D eigenvalue weighted by Crippen LogP contribution is 2.50. The Morgan fingerprint density at radius 3 is 1.75 bits per heavy atom. The third-order valence-electron chi connectivity index (χ3n) is 2.28. The van der Waals surface area contributed by atoms with Crippen molar-refractivity contribution in [2.45, 2.75) is 0 Å². The first-order chi connectivity index (χ1) is 7.43. The number of benzene rings is 2. The Hall–Kier alpha value is -2.50. The van der Waals surface area contributed by atoms with Gasteiger partial charge in [0.1, 0.15) is 5.75 Å². The smallest absolute Gasteiger partial charge is 0.201 e. The molecule has 2 aromatic rings. The largest absolute Gasteiger partial charge is 0.507 e. The molecule has 2 aromatic carbocycles. The molecule has 0 spiro atoms. The van der Waals surface area contributed by atoms with Gasteiger partial charge in [0.05, 0.1) is 5.39 Å². The van der Waals surface area contributed by atoms with Gasteiger partial charge in [-0.05, 0) is 6.07 Å². The zero-order valence-corrected chi connectivity index (χ0v) is 7.84. The molecular weight excluding hydrogens is 216 g/mol. The van der Waals surface area contributed by atoms with Crippen LogP contribution in [0.4, 0.5) is 0 Å². The van der Waals surface area contributed by atoms with Gasteiger partial charge in [0.25, 0.3) is 0 Å². The second-order valence-corrected chi connectivity index (χ2v) is 3.28. The number of hydrogen-bond acceptors (Lipinski definition) is 6. The minimum absolute atomic E-state index is 0.0944. The molecule has 0 amide bonds. The van der Waals surface area contributed by atoms with Gasteiger partial charge in [-0.3, -0.25) is 0 Å². The van der Waals surface area contributed by atoms with E-state index >= 15 is 0 Å². The van der Waals surface area contributed by atoms with Gasteiger partial charge in [0.2, 0.25) is 5.75 Å². The van der Waals surface area contributed by atoms with E-state index in [4.69, 9.17) is 0 Å². The maximum absolute atomic E-state index is 9.48. The molecule has 0 atom stereocenters. The van der Waals surface area contributed by atoms with Gasteiger partial charge in [-0.2, -0.15) is 0 Å². The molecule has 0 heterocycles. The van der Waals surface area contributed by atoms with Crippen LogP contribution in [-0.4, -0.2) is 30.6 Å². The minimum Gasteiger partial charge on any atom is -0.507 e. The highest BCUT2D eigenvalue weighted by molar-refractivity contribution is 6.02. The van der Waals surface area contributed by atoms with Crippen molar-refractivity contribution in [2.75, 3.05) is 0 Å². The quantitative estimate of drug-likeness (QED) is 0.294. The topological polar surface area (TPSA) is 121 Å². The third-order valence-corrected chi connectivity index (χ3v) is 2.28. The summed E-state index contributed by atoms with van der Waals surface area (Å²) in [6, 6.07) is 1.81. The van der Waals surface area contributed by atoms with Gasteiger partial charge in [-0.15, -0.1) is 0 Å². The highest BCUT2D eigenvalue weighted by Gasteiger charge is 2.19. The summed E-state index contributed by atoms with van der Waals surface area (Å²) in [5.41, 5.74) is 0. The number of hydrogen-bond donors (Lipinski definition) is 6. The molecule has 0 saturated heterocycles. The molecule has 6 N–H and O–H groups in total. The van der Waals surface area contributed by atoms with Crippen LogP contribution in [-0.2, 0) is 0 Å². The summed E-state index contributed by atoms with van der Waals surface area (Å²) in [4.78, 5) is 0. The van der Waals surface area contributed by atoms with Crippen LogP contribution in [0.25, 0.3) is 10.8 Å². The molecule has 0 fully saturated rings. The molecule has 16 heavy (non-hydrogen) atoms. The number of aromatic hydroxyl groups is 6. The zero-order valence-electron chi connectivity index (χ0n) is 7.84. The van der Waals surface area contributed by atoms with E-state index < -0.39 is 34.5 Å². The van der Waals surface area contributed by atoms with Crippen LogP contribution >= 0.6 is 0 Å². The van der Waals surface area contributed by atoms with Gasteiger partial charge in [0, 0.05) is 11.5 Å². The maximum Gasteiger partial charge on any atom is 0.201 e. The fourth-order valence-corrected chi connectivity index (χ4v) is 1.49. The number of phenols is 6. The molecule has 6 nitrogen and oxygen atoms in total. The molecule has 0 radical (unpaired) electrons. The van der Waals surface area contributed by atoms with Gasteiger partial charge in [0.15, 0.2) is 23.0 Å². The number of phenolic OH excluding ortho intramolecular Hbond substituents is 6. The van der Waals surface area contributed by atoms with Crippen LogP contribution < -0.4 is 0 Å². The van der Waals surface area contributed by atoms with Crippen molar-refractivity contribution in [2.24, 2.45) is 0 Å². The Labute approximate surface area is 88.9 Å². The second-order valence-electron chi connectivity index (χ2n) is 3.28. The molecule has 0 saturated carbocycles. The molecule has 0 aliphatic carbocycles. The molecule has 6 heteroatoms. The first-order valence-electron chi connectivity index (χ1n) is 4.25. The minimum atomic E-state index is -0.840. The summed E-state index contributed by atoms with van der Waals surface area (Å²) in [6.07, 6.45) is 0. The summed E-state index contributed by atoms with van der Waals surface area (Å²) < 4.78 is 0. The van der Waals surface area contributed by atoms with Crippen LogP contribution in [0, 0.1) is 0 Å². The van der Waals surface area contributed by atoms with Gasteiger partial charge in [-0.1, -0.05) is 0 Å². The van der Waals surface area contributed by atoms with E-state index in [0.29, 0.717) is 0 Å². The average molecular weight is 224 g/mol. The highest BCUT2D eigenvalue weighted by atomic mass is 16.3. The van der Waals surface area contributed by atoms with Gasteiger partial charge in [-0.25, -0.2) is 0 Å². The fraction of sp³-hybridized carbons (Fsp3) is 0. The monoisotopic (exact) mass is 224 g/mol. The molecule has 84 valence electrons. The zero-order chi connectivity index (χ0) is 12.0. The molecule has 2 rings (SSSR count). The Morgan fingerprint density at radius 2 is 1.12 bits per heavy atom. The summed E-state index contributed by atoms with van der Waals surface area (Å²) >= 11 is 0. The first kappa shape index (κ1) is 10.0. The molecular formula is C10H8O6. The predicted octanol–water partition coefficient (Wildman–Crippen LogP) is 1.07. The first-order valence-corrected chi connectivity index (χ1v) is 4.25. The van der Waals surface area contributed by atoms with Crippen molar-refractivity contribution in [1.29, 1.82) is 0 Å². The van der Waals surface area contributed by atoms with Crippen molar-refractivity contribution in [1.82, 2.24) is 0 Å². The van der Waals surface area contributed by atoms with Crippen LogP contribution in [0.2, 0.25) is 0 Å². The normalized spacial score (nSPS) is 10.8. The van der Waals surface area contributed by atoms with Gasteiger partial charge >= 0.3 is 0 Å². The van der Waals surface area contributed by atoms with E-state index in [-0.39, 0.29) is 10.8 Å². The lowest BCUT2D eigenvalue weighted by Gasteiger charge is -2.09. The predicted molar refractivity (Wildman–Crippen MR) is 53.9 cm³/mol. The van der Waals surface area contributed by atoms with E-state index in [9.17, 15) is 30.6 Å². The standard InChI is InChI=1S/C10H8O6/c11-4-2-6(13)8(14)7-3(4)1-5(12)9(15)10(7)16/h1-2,11-16H. The molecule has 0 bridgehead atoms. The summed E-state index contributed by atoms with van der Waals surface area (Å²) in [6.45, 7) is 0. The Morgan fingerprint density at radius 1 is 0.562 bits per heavy atom. The Bertz CT molecular complexity index is 590. The number of fused-ring (bicyclic) bond motifs is 1. The fourth-order valence-electron chi connectivity index (χ4n) is 1.49. The van der Waals surface area contributed by atoms with Crippen LogP contribution in [0.5, 0.6) is 34.5 Å². The lowest BCUT2D eigenvalue weighted by molar-refractivity contribution is 0.367.